The molecule has 1 aromatic heterocycles. The maximum Gasteiger partial charge on any atom is 0.244 e. The number of hydrogen-bond acceptors (Lipinski definition) is 6. The van der Waals surface area contributed by atoms with Gasteiger partial charge < -0.3 is 10.1 Å². The fourth-order valence-corrected chi connectivity index (χ4v) is 3.70. The summed E-state index contributed by atoms with van der Waals surface area (Å²) >= 11 is 0. The fraction of sp³-hybridized carbons (Fsp3) is 0.190. The third-order valence-electron chi connectivity index (χ3n) is 4.24. The average Bonchev–Trinajstić information content (AvgIpc) is 3.23. The third-order valence-corrected chi connectivity index (χ3v) is 5.71. The minimum absolute atomic E-state index is 0.0567. The minimum Gasteiger partial charge on any atom is -0.497 e. The lowest BCUT2D eigenvalue weighted by Gasteiger charge is -2.08. The quantitative estimate of drug-likeness (QED) is 0.363. The Morgan fingerprint density at radius 3 is 2.55 bits per heavy atom. The molecule has 1 amide bonds. The molecular weight excluding hydrogens is 418 g/mol. The first-order chi connectivity index (χ1) is 15.0. The number of benzene rings is 2. The van der Waals surface area contributed by atoms with Crippen molar-refractivity contribution >= 4 is 22.0 Å². The number of hydrogen-bond donors (Lipinski definition) is 2. The van der Waals surface area contributed by atoms with Crippen LogP contribution in [-0.4, -0.2) is 49.5 Å². The molecule has 10 heteroatoms. The zero-order valence-corrected chi connectivity index (χ0v) is 17.7. The van der Waals surface area contributed by atoms with Gasteiger partial charge in [-0.3, -0.25) is 4.79 Å². The molecule has 2 N–H and O–H groups in total. The highest BCUT2D eigenvalue weighted by Crippen LogP contribution is 2.14. The summed E-state index contributed by atoms with van der Waals surface area (Å²) in [6, 6.07) is 15.9. The van der Waals surface area contributed by atoms with Crippen LogP contribution in [0.3, 0.4) is 0 Å². The fourth-order valence-electron chi connectivity index (χ4n) is 2.67. The molecule has 2 aromatic carbocycles. The number of carbonyl (C=O) groups is 1. The molecule has 0 radical (unpaired) electrons. The van der Waals surface area contributed by atoms with E-state index in [1.165, 1.54) is 25.3 Å². The minimum atomic E-state index is -3.66. The van der Waals surface area contributed by atoms with Crippen LogP contribution in [0.4, 0.5) is 0 Å². The molecule has 0 saturated carbocycles. The molecule has 9 nitrogen and oxygen atoms in total. The standard InChI is InChI=1S/C21H23N5O4S/c1-30-19-8-10-20(11-9-19)31(28,29)23-14-13-22-21(27)12-7-18-16-26(25-24-18)15-17-5-3-2-4-6-17/h2-12,16,23H,13-15H2,1H3,(H,22,27)/b12-7+. The Morgan fingerprint density at radius 2 is 1.84 bits per heavy atom. The Morgan fingerprint density at radius 1 is 1.10 bits per heavy atom. The number of rotatable bonds is 10. The highest BCUT2D eigenvalue weighted by molar-refractivity contribution is 7.89. The third kappa shape index (κ3) is 6.76. The number of ether oxygens (including phenoxy) is 1. The van der Waals surface area contributed by atoms with Gasteiger partial charge in [-0.25, -0.2) is 17.8 Å². The van der Waals surface area contributed by atoms with Crippen molar-refractivity contribution in [3.05, 3.63) is 78.1 Å². The normalized spacial score (nSPS) is 11.5. The average molecular weight is 442 g/mol. The second kappa shape index (κ2) is 10.5. The topological polar surface area (TPSA) is 115 Å². The number of nitrogens with zero attached hydrogens (tertiary/aromatic N) is 3. The monoisotopic (exact) mass is 441 g/mol. The lowest BCUT2D eigenvalue weighted by Crippen LogP contribution is -2.34. The van der Waals surface area contributed by atoms with Crippen molar-refractivity contribution in [3.63, 3.8) is 0 Å². The second-order valence-corrected chi connectivity index (χ2v) is 8.29. The van der Waals surface area contributed by atoms with Gasteiger partial charge in [-0.1, -0.05) is 35.5 Å². The van der Waals surface area contributed by atoms with Crippen molar-refractivity contribution in [3.8, 4) is 5.75 Å². The largest absolute Gasteiger partial charge is 0.497 e. The van der Waals surface area contributed by atoms with E-state index < -0.39 is 10.0 Å². The SMILES string of the molecule is COc1ccc(S(=O)(=O)NCCNC(=O)/C=C/c2cn(Cc3ccccc3)nn2)cc1. The molecule has 0 aliphatic heterocycles. The second-order valence-electron chi connectivity index (χ2n) is 6.52. The van der Waals surface area contributed by atoms with Gasteiger partial charge in [-0.2, -0.15) is 0 Å². The van der Waals surface area contributed by atoms with Gasteiger partial charge >= 0.3 is 0 Å². The Labute approximate surface area is 180 Å². The summed E-state index contributed by atoms with van der Waals surface area (Å²) in [6.07, 6.45) is 4.61. The summed E-state index contributed by atoms with van der Waals surface area (Å²) in [7, 11) is -2.15. The number of aromatic nitrogens is 3. The number of amides is 1. The van der Waals surface area contributed by atoms with Crippen LogP contribution in [0.2, 0.25) is 0 Å². The van der Waals surface area contributed by atoms with E-state index in [1.807, 2.05) is 30.3 Å². The number of nitrogens with one attached hydrogen (secondary N) is 2. The maximum absolute atomic E-state index is 12.2. The zero-order chi connectivity index (χ0) is 22.1. The predicted molar refractivity (Wildman–Crippen MR) is 116 cm³/mol. The molecule has 0 unspecified atom stereocenters. The van der Waals surface area contributed by atoms with Crippen LogP contribution in [-0.2, 0) is 21.4 Å². The summed E-state index contributed by atoms with van der Waals surface area (Å²) in [4.78, 5) is 12.1. The Kier molecular flexibility index (Phi) is 7.52. The first-order valence-electron chi connectivity index (χ1n) is 9.50. The molecule has 0 fully saturated rings. The zero-order valence-electron chi connectivity index (χ0n) is 16.9. The van der Waals surface area contributed by atoms with E-state index in [4.69, 9.17) is 4.74 Å². The highest BCUT2D eigenvalue weighted by Gasteiger charge is 2.13. The molecule has 0 saturated heterocycles. The molecule has 0 bridgehead atoms. The van der Waals surface area contributed by atoms with Gasteiger partial charge in [0.15, 0.2) is 0 Å². The predicted octanol–water partition coefficient (Wildman–Crippen LogP) is 1.44. The van der Waals surface area contributed by atoms with Crippen molar-refractivity contribution < 1.29 is 17.9 Å². The van der Waals surface area contributed by atoms with E-state index in [0.29, 0.717) is 18.0 Å². The maximum atomic E-state index is 12.2. The lowest BCUT2D eigenvalue weighted by atomic mass is 10.2. The van der Waals surface area contributed by atoms with E-state index in [0.717, 1.165) is 5.56 Å². The number of methoxy groups -OCH3 is 1. The van der Waals surface area contributed by atoms with Crippen molar-refractivity contribution in [1.29, 1.82) is 0 Å². The molecule has 3 rings (SSSR count). The van der Waals surface area contributed by atoms with Crippen LogP contribution < -0.4 is 14.8 Å². The van der Waals surface area contributed by atoms with Gasteiger partial charge in [0.25, 0.3) is 0 Å². The van der Waals surface area contributed by atoms with Gasteiger partial charge in [0.2, 0.25) is 15.9 Å². The molecule has 162 valence electrons. The summed E-state index contributed by atoms with van der Waals surface area (Å²) < 4.78 is 33.6. The van der Waals surface area contributed by atoms with E-state index in [2.05, 4.69) is 20.4 Å². The Balaban J connectivity index is 1.42. The van der Waals surface area contributed by atoms with Gasteiger partial charge in [0.05, 0.1) is 24.7 Å². The molecule has 1 heterocycles. The van der Waals surface area contributed by atoms with Crippen LogP contribution in [0, 0.1) is 0 Å². The Hall–Kier alpha value is -3.50. The molecule has 31 heavy (non-hydrogen) atoms. The Bertz CT molecular complexity index is 1130. The first kappa shape index (κ1) is 22.2. The summed E-state index contributed by atoms with van der Waals surface area (Å²) in [5.41, 5.74) is 1.64. The lowest BCUT2D eigenvalue weighted by molar-refractivity contribution is -0.116. The van der Waals surface area contributed by atoms with Crippen LogP contribution >= 0.6 is 0 Å². The van der Waals surface area contributed by atoms with Crippen LogP contribution in [0.15, 0.2) is 71.8 Å². The van der Waals surface area contributed by atoms with Gasteiger partial charge in [-0.05, 0) is 35.9 Å². The van der Waals surface area contributed by atoms with E-state index in [9.17, 15) is 13.2 Å². The van der Waals surface area contributed by atoms with Crippen molar-refractivity contribution in [1.82, 2.24) is 25.0 Å². The summed E-state index contributed by atoms with van der Waals surface area (Å²) in [5.74, 6) is 0.208. The number of carbonyl (C=O) groups excluding carboxylic acids is 1. The van der Waals surface area contributed by atoms with Gasteiger partial charge in [-0.15, -0.1) is 5.10 Å². The molecule has 0 atom stereocenters. The molecule has 3 aromatic rings. The van der Waals surface area contributed by atoms with Crippen LogP contribution in [0.5, 0.6) is 5.75 Å². The van der Waals surface area contributed by atoms with E-state index in [-0.39, 0.29) is 23.9 Å². The van der Waals surface area contributed by atoms with Crippen molar-refractivity contribution in [2.45, 2.75) is 11.4 Å². The van der Waals surface area contributed by atoms with Crippen LogP contribution in [0.1, 0.15) is 11.3 Å². The summed E-state index contributed by atoms with van der Waals surface area (Å²) in [6.45, 7) is 0.780. The van der Waals surface area contributed by atoms with Crippen molar-refractivity contribution in [2.75, 3.05) is 20.2 Å². The molecule has 0 aliphatic carbocycles. The molecule has 0 aliphatic rings. The van der Waals surface area contributed by atoms with Gasteiger partial charge in [0, 0.05) is 19.2 Å². The van der Waals surface area contributed by atoms with Crippen LogP contribution in [0.25, 0.3) is 6.08 Å². The molecule has 0 spiro atoms. The van der Waals surface area contributed by atoms with Gasteiger partial charge in [0.1, 0.15) is 11.4 Å². The van der Waals surface area contributed by atoms with E-state index >= 15 is 0 Å². The first-order valence-corrected chi connectivity index (χ1v) is 11.0. The van der Waals surface area contributed by atoms with Crippen molar-refractivity contribution in [2.24, 2.45) is 0 Å². The number of sulfonamides is 1. The smallest absolute Gasteiger partial charge is 0.244 e. The van der Waals surface area contributed by atoms with E-state index in [1.54, 1.807) is 29.1 Å². The molecular formula is C21H23N5O4S. The summed E-state index contributed by atoms with van der Waals surface area (Å²) in [5, 5.41) is 10.6. The highest BCUT2D eigenvalue weighted by atomic mass is 32.2.